The van der Waals surface area contributed by atoms with Crippen LogP contribution in [0.4, 0.5) is 13.2 Å². The van der Waals surface area contributed by atoms with Gasteiger partial charge in [-0.3, -0.25) is 0 Å². The quantitative estimate of drug-likeness (QED) is 0.918. The van der Waals surface area contributed by atoms with E-state index in [0.717, 1.165) is 0 Å². The van der Waals surface area contributed by atoms with Crippen LogP contribution in [0.15, 0.2) is 47.3 Å². The van der Waals surface area contributed by atoms with Gasteiger partial charge >= 0.3 is 6.36 Å². The fourth-order valence-corrected chi connectivity index (χ4v) is 1.55. The summed E-state index contributed by atoms with van der Waals surface area (Å²) in [5.74, 6) is -0.293. The molecule has 0 fully saturated rings. The molecule has 2 aromatic rings. The highest BCUT2D eigenvalue weighted by molar-refractivity contribution is 5.35. The topological polar surface area (TPSA) is 48.4 Å². The highest BCUT2D eigenvalue weighted by Gasteiger charge is 2.31. The first-order valence-electron chi connectivity index (χ1n) is 5.09. The first-order chi connectivity index (χ1) is 8.46. The second-order valence-corrected chi connectivity index (χ2v) is 3.65. The zero-order chi connectivity index (χ0) is 13.2. The Hall–Kier alpha value is -1.95. The van der Waals surface area contributed by atoms with E-state index in [4.69, 9.17) is 10.2 Å². The SMILES string of the molecule is NC(c1ccoc1)c1cccc(OC(F)(F)F)c1. The van der Waals surface area contributed by atoms with Crippen molar-refractivity contribution in [3.8, 4) is 5.75 Å². The first kappa shape index (κ1) is 12.5. The number of alkyl halides is 3. The van der Waals surface area contributed by atoms with Crippen LogP contribution in [-0.4, -0.2) is 6.36 Å². The molecule has 0 spiro atoms. The highest BCUT2D eigenvalue weighted by atomic mass is 19.4. The molecule has 6 heteroatoms. The summed E-state index contributed by atoms with van der Waals surface area (Å²) in [5.41, 5.74) is 7.09. The molecule has 1 heterocycles. The molecule has 0 aliphatic carbocycles. The Morgan fingerprint density at radius 2 is 1.94 bits per heavy atom. The van der Waals surface area contributed by atoms with Crippen LogP contribution in [0.2, 0.25) is 0 Å². The van der Waals surface area contributed by atoms with Crippen molar-refractivity contribution in [3.63, 3.8) is 0 Å². The van der Waals surface area contributed by atoms with Crippen molar-refractivity contribution in [2.45, 2.75) is 12.4 Å². The van der Waals surface area contributed by atoms with Gasteiger partial charge in [-0.1, -0.05) is 12.1 Å². The largest absolute Gasteiger partial charge is 0.573 e. The summed E-state index contributed by atoms with van der Waals surface area (Å²) in [6, 6.07) is 6.66. The van der Waals surface area contributed by atoms with Crippen LogP contribution in [0.5, 0.6) is 5.75 Å². The van der Waals surface area contributed by atoms with Gasteiger partial charge in [-0.2, -0.15) is 0 Å². The lowest BCUT2D eigenvalue weighted by Gasteiger charge is -2.13. The molecule has 2 rings (SSSR count). The van der Waals surface area contributed by atoms with Gasteiger partial charge in [0.2, 0.25) is 0 Å². The van der Waals surface area contributed by atoms with Gasteiger partial charge in [0, 0.05) is 5.56 Å². The summed E-state index contributed by atoms with van der Waals surface area (Å²) in [7, 11) is 0. The van der Waals surface area contributed by atoms with E-state index in [1.165, 1.54) is 30.7 Å². The molecule has 0 aliphatic heterocycles. The molecule has 0 amide bonds. The minimum atomic E-state index is -4.71. The van der Waals surface area contributed by atoms with Crippen molar-refractivity contribution in [2.24, 2.45) is 5.73 Å². The molecule has 0 saturated heterocycles. The van der Waals surface area contributed by atoms with E-state index in [0.29, 0.717) is 11.1 Å². The van der Waals surface area contributed by atoms with Crippen LogP contribution in [0.1, 0.15) is 17.2 Å². The van der Waals surface area contributed by atoms with Gasteiger partial charge in [0.05, 0.1) is 18.6 Å². The van der Waals surface area contributed by atoms with Crippen molar-refractivity contribution in [2.75, 3.05) is 0 Å². The Morgan fingerprint density at radius 1 is 1.17 bits per heavy atom. The molecule has 3 nitrogen and oxygen atoms in total. The Kier molecular flexibility index (Phi) is 3.29. The minimum Gasteiger partial charge on any atom is -0.472 e. The zero-order valence-corrected chi connectivity index (χ0v) is 9.15. The van der Waals surface area contributed by atoms with E-state index in [-0.39, 0.29) is 5.75 Å². The first-order valence-corrected chi connectivity index (χ1v) is 5.09. The van der Waals surface area contributed by atoms with E-state index in [1.54, 1.807) is 12.1 Å². The van der Waals surface area contributed by atoms with Gasteiger partial charge in [-0.05, 0) is 23.8 Å². The third kappa shape index (κ3) is 3.04. The van der Waals surface area contributed by atoms with Crippen molar-refractivity contribution >= 4 is 0 Å². The van der Waals surface area contributed by atoms with Crippen LogP contribution < -0.4 is 10.5 Å². The summed E-state index contributed by atoms with van der Waals surface area (Å²) in [6.45, 7) is 0. The summed E-state index contributed by atoms with van der Waals surface area (Å²) >= 11 is 0. The summed E-state index contributed by atoms with van der Waals surface area (Å²) in [4.78, 5) is 0. The number of nitrogens with two attached hydrogens (primary N) is 1. The van der Waals surface area contributed by atoms with Crippen molar-refractivity contribution in [3.05, 3.63) is 54.0 Å². The number of benzene rings is 1. The Labute approximate surface area is 101 Å². The van der Waals surface area contributed by atoms with Crippen molar-refractivity contribution in [1.29, 1.82) is 0 Å². The molecular weight excluding hydrogens is 247 g/mol. The lowest BCUT2D eigenvalue weighted by Crippen LogP contribution is -2.18. The van der Waals surface area contributed by atoms with E-state index < -0.39 is 12.4 Å². The fraction of sp³-hybridized carbons (Fsp3) is 0.167. The van der Waals surface area contributed by atoms with Crippen LogP contribution in [0.3, 0.4) is 0 Å². The predicted octanol–water partition coefficient (Wildman–Crippen LogP) is 3.23. The summed E-state index contributed by atoms with van der Waals surface area (Å²) < 4.78 is 44.9. The van der Waals surface area contributed by atoms with E-state index in [2.05, 4.69) is 4.74 Å². The molecule has 1 aromatic carbocycles. The number of halogens is 3. The van der Waals surface area contributed by atoms with Gasteiger partial charge < -0.3 is 14.9 Å². The molecule has 0 bridgehead atoms. The third-order valence-electron chi connectivity index (χ3n) is 2.35. The maximum absolute atomic E-state index is 12.1. The van der Waals surface area contributed by atoms with Crippen molar-refractivity contribution < 1.29 is 22.3 Å². The number of ether oxygens (including phenoxy) is 1. The van der Waals surface area contributed by atoms with E-state index in [1.807, 2.05) is 0 Å². The maximum atomic E-state index is 12.1. The lowest BCUT2D eigenvalue weighted by atomic mass is 10.0. The van der Waals surface area contributed by atoms with Gasteiger partial charge in [-0.25, -0.2) is 0 Å². The van der Waals surface area contributed by atoms with Crippen LogP contribution >= 0.6 is 0 Å². The Morgan fingerprint density at radius 3 is 2.56 bits per heavy atom. The van der Waals surface area contributed by atoms with Gasteiger partial charge in [0.1, 0.15) is 5.75 Å². The molecule has 18 heavy (non-hydrogen) atoms. The van der Waals surface area contributed by atoms with Crippen molar-refractivity contribution in [1.82, 2.24) is 0 Å². The number of hydrogen-bond acceptors (Lipinski definition) is 3. The third-order valence-corrected chi connectivity index (χ3v) is 2.35. The molecule has 0 radical (unpaired) electrons. The maximum Gasteiger partial charge on any atom is 0.573 e. The lowest BCUT2D eigenvalue weighted by molar-refractivity contribution is -0.274. The van der Waals surface area contributed by atoms with E-state index >= 15 is 0 Å². The minimum absolute atomic E-state index is 0.293. The molecule has 1 aromatic heterocycles. The average molecular weight is 257 g/mol. The summed E-state index contributed by atoms with van der Waals surface area (Å²) in [6.07, 6.45) is -1.81. The van der Waals surface area contributed by atoms with Crippen LogP contribution in [0.25, 0.3) is 0 Å². The Balaban J connectivity index is 2.22. The fourth-order valence-electron chi connectivity index (χ4n) is 1.55. The van der Waals surface area contributed by atoms with Gasteiger partial charge in [-0.15, -0.1) is 13.2 Å². The van der Waals surface area contributed by atoms with Crippen LogP contribution in [0, 0.1) is 0 Å². The number of furan rings is 1. The normalized spacial score (nSPS) is 13.3. The number of hydrogen-bond donors (Lipinski definition) is 1. The second-order valence-electron chi connectivity index (χ2n) is 3.65. The standard InChI is InChI=1S/C12H10F3NO2/c13-12(14,15)18-10-3-1-2-8(6-10)11(16)9-4-5-17-7-9/h1-7,11H,16H2. The monoisotopic (exact) mass is 257 g/mol. The smallest absolute Gasteiger partial charge is 0.472 e. The Bertz CT molecular complexity index is 508. The predicted molar refractivity (Wildman–Crippen MR) is 57.9 cm³/mol. The van der Waals surface area contributed by atoms with Gasteiger partial charge in [0.15, 0.2) is 0 Å². The molecule has 1 unspecified atom stereocenters. The molecule has 0 saturated carbocycles. The summed E-state index contributed by atoms with van der Waals surface area (Å²) in [5, 5.41) is 0. The molecule has 0 aliphatic rings. The van der Waals surface area contributed by atoms with Crippen LogP contribution in [-0.2, 0) is 0 Å². The second kappa shape index (κ2) is 4.73. The molecule has 1 atom stereocenters. The average Bonchev–Trinajstić information content (AvgIpc) is 2.79. The van der Waals surface area contributed by atoms with Gasteiger partial charge in [0.25, 0.3) is 0 Å². The van der Waals surface area contributed by atoms with E-state index in [9.17, 15) is 13.2 Å². The zero-order valence-electron chi connectivity index (χ0n) is 9.15. The molecule has 2 N–H and O–H groups in total. The molecular formula is C12H10F3NO2. The molecule has 96 valence electrons. The highest BCUT2D eigenvalue weighted by Crippen LogP contribution is 2.27. The number of rotatable bonds is 3.